The van der Waals surface area contributed by atoms with E-state index in [0.29, 0.717) is 39.3 Å². The average Bonchev–Trinajstić information content (AvgIpc) is 3.39. The van der Waals surface area contributed by atoms with Gasteiger partial charge in [0.1, 0.15) is 12.5 Å². The number of alkyl halides is 3. The van der Waals surface area contributed by atoms with Crippen molar-refractivity contribution >= 4 is 40.8 Å². The van der Waals surface area contributed by atoms with Crippen LogP contribution in [0.5, 0.6) is 0 Å². The van der Waals surface area contributed by atoms with E-state index in [0.717, 1.165) is 12.4 Å². The minimum absolute atomic E-state index is 0.0427. The van der Waals surface area contributed by atoms with Gasteiger partial charge in [0.25, 0.3) is 11.3 Å². The maximum absolute atomic E-state index is 14.3. The van der Waals surface area contributed by atoms with Gasteiger partial charge in [0.05, 0.1) is 59.9 Å². The van der Waals surface area contributed by atoms with Crippen LogP contribution in [-0.4, -0.2) is 74.4 Å². The Morgan fingerprint density at radius 3 is 2.59 bits per heavy atom. The minimum Gasteiger partial charge on any atom is -0.466 e. The normalized spacial score (nSPS) is 23.0. The number of benzene rings is 2. The van der Waals surface area contributed by atoms with Crippen molar-refractivity contribution in [3.8, 4) is 11.4 Å². The first-order valence-electron chi connectivity index (χ1n) is 15.9. The minimum atomic E-state index is -5.40. The fraction of sp³-hybridized carbons (Fsp3) is 0.314. The molecule has 264 valence electrons. The number of carbonyl (C=O) groups is 3. The molecule has 4 unspecified atom stereocenters. The van der Waals surface area contributed by atoms with Crippen LogP contribution in [-0.2, 0) is 32.2 Å². The van der Waals surface area contributed by atoms with Gasteiger partial charge in [-0.2, -0.15) is 13.2 Å². The molecule has 3 aliphatic heterocycles. The topological polar surface area (TPSA) is 173 Å². The first kappa shape index (κ1) is 33.9. The Bertz CT molecular complexity index is 2200. The van der Waals surface area contributed by atoms with Gasteiger partial charge in [-0.3, -0.25) is 24.3 Å². The van der Waals surface area contributed by atoms with Crippen molar-refractivity contribution < 1.29 is 47.2 Å². The maximum Gasteiger partial charge on any atom is 0.437 e. The van der Waals surface area contributed by atoms with E-state index in [4.69, 9.17) is 14.5 Å². The van der Waals surface area contributed by atoms with Gasteiger partial charge in [0, 0.05) is 29.8 Å². The number of hydrogen-bond acceptors (Lipinski definition) is 10. The second-order valence-electron chi connectivity index (χ2n) is 12.4. The molecule has 3 N–H and O–H groups in total. The summed E-state index contributed by atoms with van der Waals surface area (Å²) >= 11 is 0. The Balaban J connectivity index is 1.26. The standard InChI is InChI=1S/C35H30F3N5O8/c1-3-50-32(47)28-29(41-33(48)42(2)34(28,49)35(36,37)38)17-8-10-18(11-9-17)39-14-21-19-6-4-5-7-24(19)40-30-22(21)15-43-25(30)12-20-23(31(43)46)16-51-27(45)13-26(20)44/h4-12,14,26,28-29,44,49H,3,13,15-16H2,1-2H3,(H,41,48). The Morgan fingerprint density at radius 1 is 1.16 bits per heavy atom. The number of pyridine rings is 2. The second kappa shape index (κ2) is 12.3. The van der Waals surface area contributed by atoms with Crippen molar-refractivity contribution in [1.82, 2.24) is 19.8 Å². The number of urea groups is 1. The van der Waals surface area contributed by atoms with E-state index in [-0.39, 0.29) is 42.2 Å². The van der Waals surface area contributed by atoms with Crippen LogP contribution >= 0.6 is 0 Å². The molecule has 0 spiro atoms. The van der Waals surface area contributed by atoms with E-state index in [9.17, 15) is 42.6 Å². The number of aliphatic imine (C=N–C) groups is 1. The van der Waals surface area contributed by atoms with Crippen LogP contribution in [0.25, 0.3) is 22.3 Å². The SMILES string of the molecule is CCOC(=O)C1C(c2ccc(N=Cc3c4c(nc5ccccc35)-c3cc5c(c(=O)n3C4)COC(=O)CC5O)cc2)NC(=O)N(C)C1(O)C(F)(F)F. The molecule has 3 aliphatic rings. The Labute approximate surface area is 286 Å². The third-order valence-electron chi connectivity index (χ3n) is 9.54. The number of carbonyl (C=O) groups excluding carboxylic acids is 3. The number of para-hydroxylation sites is 1. The van der Waals surface area contributed by atoms with Crippen LogP contribution < -0.4 is 10.9 Å². The number of hydrogen-bond donors (Lipinski definition) is 3. The van der Waals surface area contributed by atoms with Crippen LogP contribution in [0.1, 0.15) is 53.3 Å². The number of fused-ring (bicyclic) bond motifs is 5. The summed E-state index contributed by atoms with van der Waals surface area (Å²) in [6.45, 7) is 1.00. The third-order valence-corrected chi connectivity index (χ3v) is 9.54. The highest BCUT2D eigenvalue weighted by molar-refractivity contribution is 6.03. The number of cyclic esters (lactones) is 1. The lowest BCUT2D eigenvalue weighted by molar-refractivity contribution is -0.328. The molecule has 0 bridgehead atoms. The molecule has 2 aromatic heterocycles. The Kier molecular flexibility index (Phi) is 8.18. The monoisotopic (exact) mass is 705 g/mol. The predicted molar refractivity (Wildman–Crippen MR) is 174 cm³/mol. The zero-order valence-electron chi connectivity index (χ0n) is 27.1. The van der Waals surface area contributed by atoms with Gasteiger partial charge in [-0.15, -0.1) is 0 Å². The number of amides is 2. The van der Waals surface area contributed by atoms with Crippen LogP contribution in [0.15, 0.2) is 64.4 Å². The number of aliphatic hydroxyl groups is 2. The molecule has 1 saturated heterocycles. The fourth-order valence-electron chi connectivity index (χ4n) is 6.93. The molecule has 0 saturated carbocycles. The summed E-state index contributed by atoms with van der Waals surface area (Å²) in [5.41, 5.74) is -0.465. The molecule has 51 heavy (non-hydrogen) atoms. The van der Waals surface area contributed by atoms with E-state index in [1.165, 1.54) is 35.8 Å². The summed E-state index contributed by atoms with van der Waals surface area (Å²) in [4.78, 5) is 60.6. The number of nitrogens with one attached hydrogen (secondary N) is 1. The Hall–Kier alpha value is -5.61. The van der Waals surface area contributed by atoms with Gasteiger partial charge >= 0.3 is 24.1 Å². The van der Waals surface area contributed by atoms with Gasteiger partial charge in [0.2, 0.25) is 0 Å². The highest BCUT2D eigenvalue weighted by atomic mass is 19.4. The molecule has 5 heterocycles. The zero-order chi connectivity index (χ0) is 36.4. The van der Waals surface area contributed by atoms with Crippen molar-refractivity contribution in [2.75, 3.05) is 13.7 Å². The molecule has 2 amide bonds. The largest absolute Gasteiger partial charge is 0.466 e. The predicted octanol–water partition coefficient (Wildman–Crippen LogP) is 3.78. The van der Waals surface area contributed by atoms with E-state index in [1.807, 2.05) is 12.1 Å². The van der Waals surface area contributed by atoms with Crippen molar-refractivity contribution in [3.05, 3.63) is 92.8 Å². The highest BCUT2D eigenvalue weighted by Gasteiger charge is 2.69. The number of aromatic nitrogens is 2. The summed E-state index contributed by atoms with van der Waals surface area (Å²) in [6, 6.07) is 11.8. The summed E-state index contributed by atoms with van der Waals surface area (Å²) in [6.07, 6.45) is -5.33. The fourth-order valence-corrected chi connectivity index (χ4v) is 6.93. The van der Waals surface area contributed by atoms with Crippen molar-refractivity contribution in [3.63, 3.8) is 0 Å². The number of esters is 2. The maximum atomic E-state index is 14.3. The van der Waals surface area contributed by atoms with Crippen LogP contribution in [0, 0.1) is 5.92 Å². The summed E-state index contributed by atoms with van der Waals surface area (Å²) in [5.74, 6) is -4.22. The number of halogens is 3. The molecular weight excluding hydrogens is 675 g/mol. The first-order valence-corrected chi connectivity index (χ1v) is 15.9. The molecule has 13 nitrogen and oxygen atoms in total. The lowest BCUT2D eigenvalue weighted by Crippen LogP contribution is -2.73. The first-order chi connectivity index (χ1) is 24.2. The number of rotatable bonds is 5. The quantitative estimate of drug-likeness (QED) is 0.182. The molecule has 1 fully saturated rings. The summed E-state index contributed by atoms with van der Waals surface area (Å²) in [7, 11) is 0.743. The molecule has 4 aromatic rings. The van der Waals surface area contributed by atoms with Gasteiger partial charge < -0.3 is 29.6 Å². The highest BCUT2D eigenvalue weighted by Crippen LogP contribution is 2.47. The van der Waals surface area contributed by atoms with Gasteiger partial charge in [0.15, 0.2) is 0 Å². The average molecular weight is 706 g/mol. The number of ether oxygens (including phenoxy) is 2. The molecule has 2 aromatic carbocycles. The third kappa shape index (κ3) is 5.41. The van der Waals surface area contributed by atoms with Gasteiger partial charge in [-0.1, -0.05) is 30.3 Å². The molecule has 7 rings (SSSR count). The Morgan fingerprint density at radius 2 is 1.88 bits per heavy atom. The van der Waals surface area contributed by atoms with Crippen molar-refractivity contribution in [1.29, 1.82) is 0 Å². The van der Waals surface area contributed by atoms with Crippen LogP contribution in [0.2, 0.25) is 0 Å². The van der Waals surface area contributed by atoms with Crippen molar-refractivity contribution in [2.24, 2.45) is 10.9 Å². The zero-order valence-corrected chi connectivity index (χ0v) is 27.1. The van der Waals surface area contributed by atoms with E-state index in [2.05, 4.69) is 10.3 Å². The number of nitrogens with zero attached hydrogens (tertiary/aromatic N) is 4. The molecular formula is C35H30F3N5O8. The second-order valence-corrected chi connectivity index (χ2v) is 12.4. The smallest absolute Gasteiger partial charge is 0.437 e. The number of aliphatic hydroxyl groups excluding tert-OH is 1. The van der Waals surface area contributed by atoms with Gasteiger partial charge in [-0.25, -0.2) is 9.78 Å². The van der Waals surface area contributed by atoms with Crippen LogP contribution in [0.4, 0.5) is 23.7 Å². The summed E-state index contributed by atoms with van der Waals surface area (Å²) in [5, 5.41) is 24.7. The lowest BCUT2D eigenvalue weighted by Gasteiger charge is -2.49. The molecule has 0 radical (unpaired) electrons. The van der Waals surface area contributed by atoms with E-state index in [1.54, 1.807) is 24.4 Å². The van der Waals surface area contributed by atoms with Crippen LogP contribution in [0.3, 0.4) is 0 Å². The van der Waals surface area contributed by atoms with E-state index >= 15 is 0 Å². The summed E-state index contributed by atoms with van der Waals surface area (Å²) < 4.78 is 54.5. The van der Waals surface area contributed by atoms with Crippen molar-refractivity contribution in [2.45, 2.75) is 50.5 Å². The lowest BCUT2D eigenvalue weighted by atomic mass is 9.81. The van der Waals surface area contributed by atoms with Gasteiger partial charge in [-0.05, 0) is 42.3 Å². The van der Waals surface area contributed by atoms with E-state index < -0.39 is 53.5 Å². The molecule has 0 aliphatic carbocycles. The molecule has 16 heteroatoms. The molecule has 4 atom stereocenters.